The van der Waals surface area contributed by atoms with Crippen LogP contribution >= 0.6 is 27.3 Å². The first kappa shape index (κ1) is 18.3. The predicted molar refractivity (Wildman–Crippen MR) is 103 cm³/mol. The summed E-state index contributed by atoms with van der Waals surface area (Å²) in [7, 11) is 3.46. The van der Waals surface area contributed by atoms with Crippen LogP contribution in [-0.2, 0) is 30.7 Å². The monoisotopic (exact) mass is 426 g/mol. The molecule has 0 spiro atoms. The Bertz CT molecular complexity index is 728. The average molecular weight is 427 g/mol. The number of aliphatic imine (C=N–C) groups is 1. The lowest BCUT2D eigenvalue weighted by molar-refractivity contribution is 0.177. The van der Waals surface area contributed by atoms with Gasteiger partial charge in [-0.3, -0.25) is 4.99 Å². The van der Waals surface area contributed by atoms with Crippen molar-refractivity contribution >= 4 is 33.2 Å². The molecule has 0 saturated heterocycles. The van der Waals surface area contributed by atoms with E-state index in [1.54, 1.807) is 25.5 Å². The summed E-state index contributed by atoms with van der Waals surface area (Å²) in [5, 5.41) is 11.4. The topological polar surface area (TPSA) is 76.4 Å². The lowest BCUT2D eigenvalue weighted by atomic mass is 10.1. The van der Waals surface area contributed by atoms with Crippen LogP contribution in [0.4, 0.5) is 0 Å². The molecule has 136 valence electrons. The molecule has 0 aromatic carbocycles. The van der Waals surface area contributed by atoms with Crippen molar-refractivity contribution in [1.82, 2.24) is 25.4 Å². The third kappa shape index (κ3) is 5.02. The number of nitrogens with zero attached hydrogens (tertiary/aromatic N) is 4. The predicted octanol–water partition coefficient (Wildman–Crippen LogP) is 1.97. The number of aryl methyl sites for hydroxylation is 1. The van der Waals surface area contributed by atoms with Crippen LogP contribution in [0.3, 0.4) is 0 Å². The van der Waals surface area contributed by atoms with E-state index in [1.165, 1.54) is 8.66 Å². The van der Waals surface area contributed by atoms with E-state index in [4.69, 9.17) is 4.74 Å². The van der Waals surface area contributed by atoms with Crippen LogP contribution in [0, 0.1) is 0 Å². The maximum Gasteiger partial charge on any atom is 0.191 e. The standard InChI is InChI=1S/C16H23BrN6OS/c1-18-16(19-8-7-12-4-5-13(17)25-12)20-11-3-6-15-21-14(10-24-2)22-23(15)9-11/h4-5,11H,3,6-10H2,1-2H3,(H2,18,19,20). The lowest BCUT2D eigenvalue weighted by Gasteiger charge is -2.25. The average Bonchev–Trinajstić information content (AvgIpc) is 3.19. The van der Waals surface area contributed by atoms with Crippen molar-refractivity contribution in [2.45, 2.75) is 38.5 Å². The molecular formula is C16H23BrN6OS. The van der Waals surface area contributed by atoms with E-state index >= 15 is 0 Å². The summed E-state index contributed by atoms with van der Waals surface area (Å²) in [6.45, 7) is 2.11. The van der Waals surface area contributed by atoms with Gasteiger partial charge in [-0.15, -0.1) is 11.3 Å². The summed E-state index contributed by atoms with van der Waals surface area (Å²) in [6.07, 6.45) is 2.91. The minimum atomic E-state index is 0.298. The number of hydrogen-bond acceptors (Lipinski definition) is 5. The van der Waals surface area contributed by atoms with E-state index in [0.717, 1.165) is 50.0 Å². The molecule has 0 amide bonds. The Morgan fingerprint density at radius 1 is 1.52 bits per heavy atom. The van der Waals surface area contributed by atoms with Gasteiger partial charge in [0.1, 0.15) is 12.4 Å². The van der Waals surface area contributed by atoms with Gasteiger partial charge in [-0.25, -0.2) is 9.67 Å². The molecule has 1 unspecified atom stereocenters. The van der Waals surface area contributed by atoms with Gasteiger partial charge in [-0.05, 0) is 40.9 Å². The van der Waals surface area contributed by atoms with Crippen molar-refractivity contribution in [3.8, 4) is 0 Å². The van der Waals surface area contributed by atoms with Crippen molar-refractivity contribution in [2.75, 3.05) is 20.7 Å². The minimum Gasteiger partial charge on any atom is -0.377 e. The largest absolute Gasteiger partial charge is 0.377 e. The number of guanidine groups is 1. The van der Waals surface area contributed by atoms with Crippen molar-refractivity contribution < 1.29 is 4.74 Å². The Morgan fingerprint density at radius 2 is 2.40 bits per heavy atom. The number of hydrogen-bond donors (Lipinski definition) is 2. The van der Waals surface area contributed by atoms with Crippen LogP contribution in [0.15, 0.2) is 20.9 Å². The zero-order valence-electron chi connectivity index (χ0n) is 14.5. The molecule has 1 aliphatic heterocycles. The second kappa shape index (κ2) is 8.77. The molecule has 1 aliphatic rings. The summed E-state index contributed by atoms with van der Waals surface area (Å²) >= 11 is 5.27. The first-order chi connectivity index (χ1) is 12.2. The van der Waals surface area contributed by atoms with E-state index in [2.05, 4.69) is 53.8 Å². The first-order valence-electron chi connectivity index (χ1n) is 8.31. The van der Waals surface area contributed by atoms with Crippen LogP contribution in [0.25, 0.3) is 0 Å². The summed E-state index contributed by atoms with van der Waals surface area (Å²) in [6, 6.07) is 4.53. The van der Waals surface area contributed by atoms with Crippen LogP contribution in [0.1, 0.15) is 22.9 Å². The molecule has 25 heavy (non-hydrogen) atoms. The number of nitrogens with one attached hydrogen (secondary N) is 2. The Balaban J connectivity index is 1.48. The first-order valence-corrected chi connectivity index (χ1v) is 9.92. The van der Waals surface area contributed by atoms with Gasteiger partial charge in [0.05, 0.1) is 10.3 Å². The quantitative estimate of drug-likeness (QED) is 0.545. The molecule has 2 aromatic heterocycles. The molecule has 0 bridgehead atoms. The highest BCUT2D eigenvalue weighted by Crippen LogP contribution is 2.22. The minimum absolute atomic E-state index is 0.298. The Hall–Kier alpha value is -1.45. The fourth-order valence-electron chi connectivity index (χ4n) is 2.85. The highest BCUT2D eigenvalue weighted by Gasteiger charge is 2.22. The van der Waals surface area contributed by atoms with Crippen molar-refractivity contribution in [3.05, 3.63) is 32.4 Å². The van der Waals surface area contributed by atoms with Gasteiger partial charge in [-0.1, -0.05) is 0 Å². The Labute approximate surface area is 160 Å². The smallest absolute Gasteiger partial charge is 0.191 e. The van der Waals surface area contributed by atoms with Crippen LogP contribution < -0.4 is 10.6 Å². The van der Waals surface area contributed by atoms with Crippen molar-refractivity contribution in [1.29, 1.82) is 0 Å². The number of halogens is 1. The highest BCUT2D eigenvalue weighted by atomic mass is 79.9. The van der Waals surface area contributed by atoms with Gasteiger partial charge in [-0.2, -0.15) is 5.10 Å². The molecule has 2 N–H and O–H groups in total. The summed E-state index contributed by atoms with van der Waals surface area (Å²) in [4.78, 5) is 10.2. The van der Waals surface area contributed by atoms with Gasteiger partial charge in [0.2, 0.25) is 0 Å². The third-order valence-electron chi connectivity index (χ3n) is 4.03. The van der Waals surface area contributed by atoms with Crippen molar-refractivity contribution in [2.24, 2.45) is 4.99 Å². The zero-order chi connectivity index (χ0) is 17.6. The molecule has 0 saturated carbocycles. The number of ether oxygens (including phenoxy) is 1. The van der Waals surface area contributed by atoms with Crippen LogP contribution in [0.2, 0.25) is 0 Å². The normalized spacial score (nSPS) is 17.4. The number of thiophene rings is 1. The van der Waals surface area contributed by atoms with E-state index in [-0.39, 0.29) is 0 Å². The molecule has 9 heteroatoms. The molecule has 1 atom stereocenters. The second-order valence-corrected chi connectivity index (χ2v) is 8.44. The summed E-state index contributed by atoms with van der Waals surface area (Å²) in [5.74, 6) is 2.63. The fourth-order valence-corrected chi connectivity index (χ4v) is 4.33. The third-order valence-corrected chi connectivity index (χ3v) is 5.72. The SMILES string of the molecule is CN=C(NCCc1ccc(Br)s1)NC1CCc2nc(COC)nn2C1. The van der Waals surface area contributed by atoms with Gasteiger partial charge in [0.15, 0.2) is 11.8 Å². The van der Waals surface area contributed by atoms with Crippen LogP contribution in [0.5, 0.6) is 0 Å². The molecule has 0 aliphatic carbocycles. The van der Waals surface area contributed by atoms with Crippen molar-refractivity contribution in [3.63, 3.8) is 0 Å². The molecular weight excluding hydrogens is 404 g/mol. The van der Waals surface area contributed by atoms with E-state index in [9.17, 15) is 0 Å². The van der Waals surface area contributed by atoms with E-state index in [0.29, 0.717) is 12.6 Å². The molecule has 3 heterocycles. The fraction of sp³-hybridized carbons (Fsp3) is 0.562. The Kier molecular flexibility index (Phi) is 6.44. The number of rotatable bonds is 6. The van der Waals surface area contributed by atoms with Gasteiger partial charge in [0, 0.05) is 38.0 Å². The van der Waals surface area contributed by atoms with E-state index in [1.807, 2.05) is 4.68 Å². The lowest BCUT2D eigenvalue weighted by Crippen LogP contribution is -2.47. The zero-order valence-corrected chi connectivity index (χ0v) is 16.9. The molecule has 7 nitrogen and oxygen atoms in total. The second-order valence-electron chi connectivity index (χ2n) is 5.89. The number of aromatic nitrogens is 3. The maximum absolute atomic E-state index is 5.11. The summed E-state index contributed by atoms with van der Waals surface area (Å²) in [5.41, 5.74) is 0. The molecule has 0 fully saturated rings. The van der Waals surface area contributed by atoms with Gasteiger partial charge in [0.25, 0.3) is 0 Å². The van der Waals surface area contributed by atoms with E-state index < -0.39 is 0 Å². The highest BCUT2D eigenvalue weighted by molar-refractivity contribution is 9.11. The van der Waals surface area contributed by atoms with Crippen LogP contribution in [-0.4, -0.2) is 47.5 Å². The van der Waals surface area contributed by atoms with Gasteiger partial charge >= 0.3 is 0 Å². The maximum atomic E-state index is 5.11. The Morgan fingerprint density at radius 3 is 3.12 bits per heavy atom. The van der Waals surface area contributed by atoms with Gasteiger partial charge < -0.3 is 15.4 Å². The number of fused-ring (bicyclic) bond motifs is 1. The molecule has 3 rings (SSSR count). The summed E-state index contributed by atoms with van der Waals surface area (Å²) < 4.78 is 8.26. The molecule has 0 radical (unpaired) electrons. The molecule has 2 aromatic rings. The number of methoxy groups -OCH3 is 1.